The van der Waals surface area contributed by atoms with Gasteiger partial charge in [-0.05, 0) is 6.07 Å². The van der Waals surface area contributed by atoms with E-state index in [2.05, 4.69) is 9.72 Å². The molecule has 64 valence electrons. The zero-order chi connectivity index (χ0) is 9.14. The fraction of sp³-hybridized carbons (Fsp3) is 0.143. The summed E-state index contributed by atoms with van der Waals surface area (Å²) in [5, 5.41) is 0. The maximum absolute atomic E-state index is 12.7. The van der Waals surface area contributed by atoms with E-state index in [-0.39, 0.29) is 0 Å². The quantitative estimate of drug-likeness (QED) is 0.472. The molecule has 0 atom stereocenters. The normalized spacial score (nSPS) is 9.58. The van der Waals surface area contributed by atoms with E-state index in [1.807, 2.05) is 0 Å². The Labute approximate surface area is 67.0 Å². The zero-order valence-electron chi connectivity index (χ0n) is 6.17. The van der Waals surface area contributed by atoms with Gasteiger partial charge in [-0.2, -0.15) is 4.39 Å². The van der Waals surface area contributed by atoms with E-state index in [0.29, 0.717) is 0 Å². The van der Waals surface area contributed by atoms with Crippen LogP contribution in [0.1, 0.15) is 10.4 Å². The number of methoxy groups -OCH3 is 1. The van der Waals surface area contributed by atoms with E-state index in [0.717, 1.165) is 19.4 Å². The molecule has 12 heavy (non-hydrogen) atoms. The van der Waals surface area contributed by atoms with Gasteiger partial charge in [0, 0.05) is 6.20 Å². The molecular formula is C7H5F2NO2. The summed E-state index contributed by atoms with van der Waals surface area (Å²) < 4.78 is 29.3. The molecule has 0 aromatic carbocycles. The average Bonchev–Trinajstić information content (AvgIpc) is 2.08. The van der Waals surface area contributed by atoms with Gasteiger partial charge in [-0.25, -0.2) is 14.2 Å². The first-order valence-corrected chi connectivity index (χ1v) is 3.05. The van der Waals surface area contributed by atoms with Gasteiger partial charge in [0.15, 0.2) is 5.82 Å². The summed E-state index contributed by atoms with van der Waals surface area (Å²) >= 11 is 0. The molecule has 1 rings (SSSR count). The number of ether oxygens (including phenoxy) is 1. The lowest BCUT2D eigenvalue weighted by atomic mass is 10.2. The molecule has 0 aliphatic heterocycles. The molecule has 1 aromatic heterocycles. The van der Waals surface area contributed by atoms with Gasteiger partial charge in [-0.1, -0.05) is 0 Å². The van der Waals surface area contributed by atoms with Crippen LogP contribution in [-0.4, -0.2) is 18.1 Å². The number of carbonyl (C=O) groups is 1. The van der Waals surface area contributed by atoms with Gasteiger partial charge in [-0.3, -0.25) is 0 Å². The lowest BCUT2D eigenvalue weighted by Crippen LogP contribution is -2.06. The van der Waals surface area contributed by atoms with Gasteiger partial charge in [-0.15, -0.1) is 0 Å². The van der Waals surface area contributed by atoms with E-state index in [1.165, 1.54) is 0 Å². The number of pyridine rings is 1. The van der Waals surface area contributed by atoms with Crippen LogP contribution < -0.4 is 0 Å². The molecule has 0 fully saturated rings. The van der Waals surface area contributed by atoms with Gasteiger partial charge in [0.2, 0.25) is 5.95 Å². The van der Waals surface area contributed by atoms with E-state index >= 15 is 0 Å². The van der Waals surface area contributed by atoms with Crippen LogP contribution in [0.15, 0.2) is 12.3 Å². The summed E-state index contributed by atoms with van der Waals surface area (Å²) in [5.74, 6) is -3.52. The van der Waals surface area contributed by atoms with Crippen molar-refractivity contribution in [3.05, 3.63) is 29.6 Å². The number of rotatable bonds is 1. The molecule has 0 aliphatic carbocycles. The van der Waals surface area contributed by atoms with Crippen LogP contribution in [0.4, 0.5) is 8.78 Å². The van der Waals surface area contributed by atoms with Crippen LogP contribution in [0.25, 0.3) is 0 Å². The maximum atomic E-state index is 12.7. The van der Waals surface area contributed by atoms with Crippen molar-refractivity contribution in [3.8, 4) is 0 Å². The summed E-state index contributed by atoms with van der Waals surface area (Å²) in [6, 6.07) is 1.05. The summed E-state index contributed by atoms with van der Waals surface area (Å²) in [6.45, 7) is 0. The molecule has 0 spiro atoms. The number of halogens is 2. The van der Waals surface area contributed by atoms with Crippen LogP contribution in [0.3, 0.4) is 0 Å². The summed E-state index contributed by atoms with van der Waals surface area (Å²) in [4.78, 5) is 13.7. The second-order valence-electron chi connectivity index (χ2n) is 1.95. The van der Waals surface area contributed by atoms with Gasteiger partial charge in [0.1, 0.15) is 5.56 Å². The van der Waals surface area contributed by atoms with E-state index in [1.54, 1.807) is 0 Å². The fourth-order valence-corrected chi connectivity index (χ4v) is 0.686. The first kappa shape index (κ1) is 8.58. The monoisotopic (exact) mass is 173 g/mol. The molecule has 0 aliphatic rings. The van der Waals surface area contributed by atoms with Gasteiger partial charge >= 0.3 is 5.97 Å². The Morgan fingerprint density at radius 1 is 1.58 bits per heavy atom. The number of hydrogen-bond donors (Lipinski definition) is 0. The van der Waals surface area contributed by atoms with Gasteiger partial charge in [0.25, 0.3) is 0 Å². The second kappa shape index (κ2) is 3.25. The maximum Gasteiger partial charge on any atom is 0.341 e. The minimum absolute atomic E-state index is 0.454. The van der Waals surface area contributed by atoms with Crippen molar-refractivity contribution in [2.45, 2.75) is 0 Å². The molecule has 0 bridgehead atoms. The van der Waals surface area contributed by atoms with Crippen molar-refractivity contribution in [2.24, 2.45) is 0 Å². The Hall–Kier alpha value is -1.52. The Morgan fingerprint density at radius 3 is 2.83 bits per heavy atom. The lowest BCUT2D eigenvalue weighted by Gasteiger charge is -1.99. The number of hydrogen-bond acceptors (Lipinski definition) is 3. The van der Waals surface area contributed by atoms with E-state index < -0.39 is 23.3 Å². The fourth-order valence-electron chi connectivity index (χ4n) is 0.686. The van der Waals surface area contributed by atoms with Gasteiger partial charge < -0.3 is 4.74 Å². The summed E-state index contributed by atoms with van der Waals surface area (Å²) in [5.41, 5.74) is -0.454. The van der Waals surface area contributed by atoms with Gasteiger partial charge in [0.05, 0.1) is 7.11 Å². The highest BCUT2D eigenvalue weighted by atomic mass is 19.2. The minimum Gasteiger partial charge on any atom is -0.465 e. The second-order valence-corrected chi connectivity index (χ2v) is 1.95. The average molecular weight is 173 g/mol. The van der Waals surface area contributed by atoms with Crippen molar-refractivity contribution in [3.63, 3.8) is 0 Å². The SMILES string of the molecule is COC(=O)c1ccnc(F)c1F. The third-order valence-electron chi connectivity index (χ3n) is 1.25. The van der Waals surface area contributed by atoms with Crippen molar-refractivity contribution in [1.29, 1.82) is 0 Å². The molecule has 0 saturated carbocycles. The summed E-state index contributed by atoms with van der Waals surface area (Å²) in [7, 11) is 1.08. The highest BCUT2D eigenvalue weighted by Crippen LogP contribution is 2.09. The number of nitrogens with zero attached hydrogens (tertiary/aromatic N) is 1. The van der Waals surface area contributed by atoms with Crippen molar-refractivity contribution in [2.75, 3.05) is 7.11 Å². The molecule has 0 N–H and O–H groups in total. The molecular weight excluding hydrogens is 168 g/mol. The van der Waals surface area contributed by atoms with Crippen molar-refractivity contribution >= 4 is 5.97 Å². The third kappa shape index (κ3) is 1.39. The Bertz CT molecular complexity index is 314. The first-order valence-electron chi connectivity index (χ1n) is 3.05. The molecule has 0 amide bonds. The smallest absolute Gasteiger partial charge is 0.341 e. The molecule has 0 saturated heterocycles. The predicted octanol–water partition coefficient (Wildman–Crippen LogP) is 1.15. The lowest BCUT2D eigenvalue weighted by molar-refractivity contribution is 0.0594. The van der Waals surface area contributed by atoms with Crippen LogP contribution in [-0.2, 0) is 4.74 Å². The third-order valence-corrected chi connectivity index (χ3v) is 1.25. The number of carbonyl (C=O) groups excluding carboxylic acids is 1. The van der Waals surface area contributed by atoms with Crippen LogP contribution in [0.5, 0.6) is 0 Å². The topological polar surface area (TPSA) is 39.2 Å². The molecule has 0 unspecified atom stereocenters. The van der Waals surface area contributed by atoms with Crippen LogP contribution in [0.2, 0.25) is 0 Å². The predicted molar refractivity (Wildman–Crippen MR) is 35.5 cm³/mol. The Morgan fingerprint density at radius 2 is 2.25 bits per heavy atom. The Kier molecular flexibility index (Phi) is 2.32. The number of esters is 1. The van der Waals surface area contributed by atoms with E-state index in [4.69, 9.17) is 0 Å². The minimum atomic E-state index is -1.31. The zero-order valence-corrected chi connectivity index (χ0v) is 6.17. The summed E-state index contributed by atoms with van der Waals surface area (Å²) in [6.07, 6.45) is 0.991. The highest BCUT2D eigenvalue weighted by Gasteiger charge is 2.15. The van der Waals surface area contributed by atoms with E-state index in [9.17, 15) is 13.6 Å². The molecule has 1 heterocycles. The standard InChI is InChI=1S/C7H5F2NO2/c1-12-7(11)4-2-3-10-6(9)5(4)8/h2-3H,1H3. The molecule has 5 heteroatoms. The Balaban J connectivity index is 3.16. The molecule has 0 radical (unpaired) electrons. The molecule has 1 aromatic rings. The van der Waals surface area contributed by atoms with Crippen LogP contribution >= 0.6 is 0 Å². The van der Waals surface area contributed by atoms with Crippen molar-refractivity contribution < 1.29 is 18.3 Å². The van der Waals surface area contributed by atoms with Crippen LogP contribution in [0, 0.1) is 11.8 Å². The highest BCUT2D eigenvalue weighted by molar-refractivity contribution is 5.89. The largest absolute Gasteiger partial charge is 0.465 e. The number of aromatic nitrogens is 1. The first-order chi connectivity index (χ1) is 5.66. The molecule has 3 nitrogen and oxygen atoms in total. The van der Waals surface area contributed by atoms with Crippen molar-refractivity contribution in [1.82, 2.24) is 4.98 Å².